The number of benzene rings is 1. The number of hydrogen-bond donors (Lipinski definition) is 2. The van der Waals surface area contributed by atoms with Crippen LogP contribution in [0, 0.1) is 0 Å². The first-order valence-corrected chi connectivity index (χ1v) is 6.98. The summed E-state index contributed by atoms with van der Waals surface area (Å²) in [7, 11) is 0. The van der Waals surface area contributed by atoms with Gasteiger partial charge in [0.1, 0.15) is 0 Å². The van der Waals surface area contributed by atoms with Gasteiger partial charge < -0.3 is 10.6 Å². The minimum Gasteiger partial charge on any atom is -0.354 e. The Morgan fingerprint density at radius 1 is 1.25 bits per heavy atom. The molecule has 4 heteroatoms. The Kier molecular flexibility index (Phi) is 5.07. The Morgan fingerprint density at radius 3 is 2.85 bits per heavy atom. The second kappa shape index (κ2) is 7.01. The molecule has 0 aliphatic rings. The zero-order valence-corrected chi connectivity index (χ0v) is 12.0. The number of nitrogens with zero attached hydrogens (tertiary/aromatic N) is 1. The molecule has 2 N–H and O–H groups in total. The fraction of sp³-hybridized carbons (Fsp3) is 0.375. The quantitative estimate of drug-likeness (QED) is 0.792. The lowest BCUT2D eigenvalue weighted by Crippen LogP contribution is -2.32. The van der Waals surface area contributed by atoms with Gasteiger partial charge in [0.15, 0.2) is 0 Å². The summed E-state index contributed by atoms with van der Waals surface area (Å²) in [6.45, 7) is 5.32. The fourth-order valence-electron chi connectivity index (χ4n) is 2.14. The number of pyridine rings is 1. The van der Waals surface area contributed by atoms with Crippen molar-refractivity contribution in [2.45, 2.75) is 32.9 Å². The summed E-state index contributed by atoms with van der Waals surface area (Å²) >= 11 is 0. The van der Waals surface area contributed by atoms with Crippen LogP contribution in [0.5, 0.6) is 0 Å². The van der Waals surface area contributed by atoms with Gasteiger partial charge in [-0.2, -0.15) is 0 Å². The van der Waals surface area contributed by atoms with E-state index >= 15 is 0 Å². The van der Waals surface area contributed by atoms with Crippen molar-refractivity contribution in [2.24, 2.45) is 0 Å². The van der Waals surface area contributed by atoms with Gasteiger partial charge in [-0.3, -0.25) is 9.78 Å². The molecule has 0 fully saturated rings. The SMILES string of the molecule is CC(C)NC(=O)CCNCc1cncc2ccccc12. The molecule has 0 radical (unpaired) electrons. The molecule has 4 nitrogen and oxygen atoms in total. The van der Waals surface area contributed by atoms with Crippen LogP contribution in [0.4, 0.5) is 0 Å². The van der Waals surface area contributed by atoms with Crippen LogP contribution < -0.4 is 10.6 Å². The first-order chi connectivity index (χ1) is 9.66. The van der Waals surface area contributed by atoms with Crippen molar-refractivity contribution in [1.29, 1.82) is 0 Å². The van der Waals surface area contributed by atoms with Crippen molar-refractivity contribution in [3.63, 3.8) is 0 Å². The van der Waals surface area contributed by atoms with Crippen LogP contribution in [0.3, 0.4) is 0 Å². The highest BCUT2D eigenvalue weighted by Crippen LogP contribution is 2.16. The van der Waals surface area contributed by atoms with E-state index in [1.54, 1.807) is 0 Å². The third-order valence-electron chi connectivity index (χ3n) is 3.04. The number of carbonyl (C=O) groups is 1. The number of fused-ring (bicyclic) bond motifs is 1. The van der Waals surface area contributed by atoms with Gasteiger partial charge in [0.05, 0.1) is 0 Å². The van der Waals surface area contributed by atoms with Crippen LogP contribution in [0.15, 0.2) is 36.7 Å². The normalized spacial score (nSPS) is 10.9. The second-order valence-electron chi connectivity index (χ2n) is 5.17. The van der Waals surface area contributed by atoms with E-state index in [2.05, 4.69) is 27.8 Å². The summed E-state index contributed by atoms with van der Waals surface area (Å²) in [6, 6.07) is 8.39. The van der Waals surface area contributed by atoms with Crippen LogP contribution in [0.25, 0.3) is 10.8 Å². The van der Waals surface area contributed by atoms with Gasteiger partial charge >= 0.3 is 0 Å². The molecular weight excluding hydrogens is 250 g/mol. The highest BCUT2D eigenvalue weighted by molar-refractivity contribution is 5.84. The van der Waals surface area contributed by atoms with E-state index in [4.69, 9.17) is 0 Å². The molecule has 2 rings (SSSR count). The molecule has 1 aromatic carbocycles. The fourth-order valence-corrected chi connectivity index (χ4v) is 2.14. The van der Waals surface area contributed by atoms with E-state index in [0.717, 1.165) is 17.5 Å². The largest absolute Gasteiger partial charge is 0.354 e. The summed E-state index contributed by atoms with van der Waals surface area (Å²) in [5.74, 6) is 0.0866. The van der Waals surface area contributed by atoms with Crippen molar-refractivity contribution >= 4 is 16.7 Å². The molecule has 2 aromatic rings. The summed E-state index contributed by atoms with van der Waals surface area (Å²) in [6.07, 6.45) is 4.24. The summed E-state index contributed by atoms with van der Waals surface area (Å²) in [5, 5.41) is 8.53. The summed E-state index contributed by atoms with van der Waals surface area (Å²) in [5.41, 5.74) is 1.16. The molecule has 0 bridgehead atoms. The Labute approximate surface area is 119 Å². The van der Waals surface area contributed by atoms with Crippen molar-refractivity contribution in [2.75, 3.05) is 6.54 Å². The van der Waals surface area contributed by atoms with Crippen LogP contribution >= 0.6 is 0 Å². The van der Waals surface area contributed by atoms with Gasteiger partial charge in [-0.25, -0.2) is 0 Å². The summed E-state index contributed by atoms with van der Waals surface area (Å²) < 4.78 is 0. The second-order valence-corrected chi connectivity index (χ2v) is 5.17. The zero-order chi connectivity index (χ0) is 14.4. The monoisotopic (exact) mass is 271 g/mol. The van der Waals surface area contributed by atoms with Gasteiger partial charge in [-0.1, -0.05) is 24.3 Å². The maximum Gasteiger partial charge on any atom is 0.221 e. The number of amides is 1. The highest BCUT2D eigenvalue weighted by atomic mass is 16.1. The predicted molar refractivity (Wildman–Crippen MR) is 81.3 cm³/mol. The lowest BCUT2D eigenvalue weighted by molar-refractivity contribution is -0.121. The standard InChI is InChI=1S/C16H21N3O/c1-12(2)19-16(20)7-8-17-10-14-11-18-9-13-5-3-4-6-15(13)14/h3-6,9,11-12,17H,7-8,10H2,1-2H3,(H,19,20). The van der Waals surface area contributed by atoms with Crippen LogP contribution in [-0.2, 0) is 11.3 Å². The third kappa shape index (κ3) is 4.03. The number of aromatic nitrogens is 1. The number of nitrogens with one attached hydrogen (secondary N) is 2. The van der Waals surface area contributed by atoms with Crippen molar-refractivity contribution in [1.82, 2.24) is 15.6 Å². The lowest BCUT2D eigenvalue weighted by Gasteiger charge is -2.10. The molecular formula is C16H21N3O. The average molecular weight is 271 g/mol. The van der Waals surface area contributed by atoms with E-state index in [0.29, 0.717) is 13.0 Å². The Bertz CT molecular complexity index is 575. The molecule has 0 atom stereocenters. The van der Waals surface area contributed by atoms with Gasteiger partial charge in [0.2, 0.25) is 5.91 Å². The predicted octanol–water partition coefficient (Wildman–Crippen LogP) is 2.24. The minimum atomic E-state index is 0.0866. The van der Waals surface area contributed by atoms with E-state index in [9.17, 15) is 4.79 Å². The highest BCUT2D eigenvalue weighted by Gasteiger charge is 2.04. The van der Waals surface area contributed by atoms with E-state index in [1.807, 2.05) is 38.4 Å². The van der Waals surface area contributed by atoms with Crippen LogP contribution in [0.1, 0.15) is 25.8 Å². The van der Waals surface area contributed by atoms with Crippen molar-refractivity contribution < 1.29 is 4.79 Å². The molecule has 20 heavy (non-hydrogen) atoms. The van der Waals surface area contributed by atoms with Crippen molar-refractivity contribution in [3.8, 4) is 0 Å². The molecule has 0 unspecified atom stereocenters. The molecule has 0 aliphatic carbocycles. The molecule has 0 aliphatic heterocycles. The molecule has 106 valence electrons. The van der Waals surface area contributed by atoms with E-state index < -0.39 is 0 Å². The van der Waals surface area contributed by atoms with Crippen LogP contribution in [-0.4, -0.2) is 23.5 Å². The zero-order valence-electron chi connectivity index (χ0n) is 12.0. The van der Waals surface area contributed by atoms with Gasteiger partial charge in [0, 0.05) is 43.3 Å². The smallest absolute Gasteiger partial charge is 0.221 e. The maximum absolute atomic E-state index is 11.5. The van der Waals surface area contributed by atoms with Gasteiger partial charge in [-0.15, -0.1) is 0 Å². The molecule has 0 spiro atoms. The molecule has 0 saturated heterocycles. The Morgan fingerprint density at radius 2 is 2.05 bits per heavy atom. The Balaban J connectivity index is 1.86. The maximum atomic E-state index is 11.5. The van der Waals surface area contributed by atoms with Gasteiger partial charge in [-0.05, 0) is 24.8 Å². The number of hydrogen-bond acceptors (Lipinski definition) is 3. The topological polar surface area (TPSA) is 54.0 Å². The molecule has 1 heterocycles. The van der Waals surface area contributed by atoms with Crippen molar-refractivity contribution in [3.05, 3.63) is 42.2 Å². The first-order valence-electron chi connectivity index (χ1n) is 6.98. The molecule has 1 aromatic heterocycles. The van der Waals surface area contributed by atoms with Gasteiger partial charge in [0.25, 0.3) is 0 Å². The van der Waals surface area contributed by atoms with E-state index in [-0.39, 0.29) is 11.9 Å². The lowest BCUT2D eigenvalue weighted by atomic mass is 10.1. The Hall–Kier alpha value is -1.94. The summed E-state index contributed by atoms with van der Waals surface area (Å²) in [4.78, 5) is 15.8. The number of rotatable bonds is 6. The third-order valence-corrected chi connectivity index (χ3v) is 3.04. The average Bonchev–Trinajstić information content (AvgIpc) is 2.43. The molecule has 1 amide bonds. The van der Waals surface area contributed by atoms with E-state index in [1.165, 1.54) is 5.39 Å². The van der Waals surface area contributed by atoms with Crippen LogP contribution in [0.2, 0.25) is 0 Å². The number of carbonyl (C=O) groups excluding carboxylic acids is 1. The first kappa shape index (κ1) is 14.5. The minimum absolute atomic E-state index is 0.0866. The molecule has 0 saturated carbocycles.